The maximum absolute atomic E-state index is 14.0. The second kappa shape index (κ2) is 9.08. The van der Waals surface area contributed by atoms with E-state index in [-0.39, 0.29) is 47.9 Å². The van der Waals surface area contributed by atoms with Gasteiger partial charge in [-0.15, -0.1) is 11.3 Å². The first-order valence-corrected chi connectivity index (χ1v) is 12.5. The normalized spacial score (nSPS) is 16.5. The van der Waals surface area contributed by atoms with Crippen LogP contribution in [0.15, 0.2) is 50.3 Å². The molecule has 0 aliphatic carbocycles. The molecule has 0 radical (unpaired) electrons. The standard InChI is InChI=1S/C21H23FN4O4S2/c1-14-19(15(2)30-24-14)32(28,29)26-9-7-16(8-10-26)20(27)23-21-25(11-12-31-21)13-17-5-3-4-6-18(17)22/h3-6,11-12,16H,7-10,13H2,1-2H3. The quantitative estimate of drug-likeness (QED) is 0.562. The topological polar surface area (TPSA) is 97.8 Å². The molecule has 0 saturated carbocycles. The molecule has 0 spiro atoms. The van der Waals surface area contributed by atoms with E-state index in [0.717, 1.165) is 0 Å². The van der Waals surface area contributed by atoms with Crippen LogP contribution in [0.5, 0.6) is 0 Å². The van der Waals surface area contributed by atoms with Crippen molar-refractivity contribution in [2.45, 2.75) is 38.1 Å². The Morgan fingerprint density at radius 2 is 2.00 bits per heavy atom. The summed E-state index contributed by atoms with van der Waals surface area (Å²) in [6, 6.07) is 6.48. The second-order valence-corrected chi connectivity index (χ2v) is 10.4. The zero-order chi connectivity index (χ0) is 22.9. The van der Waals surface area contributed by atoms with Crippen LogP contribution in [0.4, 0.5) is 4.39 Å². The van der Waals surface area contributed by atoms with Crippen molar-refractivity contribution in [3.63, 3.8) is 0 Å². The van der Waals surface area contributed by atoms with Crippen molar-refractivity contribution in [2.24, 2.45) is 10.9 Å². The monoisotopic (exact) mass is 478 g/mol. The van der Waals surface area contributed by atoms with Crippen LogP contribution in [0.1, 0.15) is 29.9 Å². The van der Waals surface area contributed by atoms with E-state index in [1.165, 1.54) is 21.7 Å². The van der Waals surface area contributed by atoms with Crippen molar-refractivity contribution in [1.29, 1.82) is 0 Å². The van der Waals surface area contributed by atoms with Crippen LogP contribution in [-0.4, -0.2) is 41.4 Å². The number of sulfonamides is 1. The molecule has 11 heteroatoms. The predicted octanol–water partition coefficient (Wildman–Crippen LogP) is 2.87. The van der Waals surface area contributed by atoms with E-state index in [4.69, 9.17) is 4.52 Å². The van der Waals surface area contributed by atoms with Gasteiger partial charge in [0.25, 0.3) is 5.91 Å². The molecule has 3 aromatic rings. The Kier molecular flexibility index (Phi) is 6.40. The number of hydrogen-bond acceptors (Lipinski definition) is 6. The minimum atomic E-state index is -3.73. The maximum atomic E-state index is 14.0. The molecule has 0 bridgehead atoms. The summed E-state index contributed by atoms with van der Waals surface area (Å²) < 4.78 is 48.0. The van der Waals surface area contributed by atoms with E-state index < -0.39 is 10.0 Å². The number of nitrogens with zero attached hydrogens (tertiary/aromatic N) is 4. The first kappa shape index (κ1) is 22.6. The number of carbonyl (C=O) groups is 1. The van der Waals surface area contributed by atoms with Crippen LogP contribution in [0.25, 0.3) is 0 Å². The number of piperidine rings is 1. The fourth-order valence-electron chi connectivity index (χ4n) is 3.82. The van der Waals surface area contributed by atoms with Gasteiger partial charge in [-0.05, 0) is 32.8 Å². The third kappa shape index (κ3) is 4.45. The third-order valence-corrected chi connectivity index (χ3v) is 8.47. The lowest BCUT2D eigenvalue weighted by molar-refractivity contribution is -0.122. The van der Waals surface area contributed by atoms with Gasteiger partial charge in [-0.3, -0.25) is 4.79 Å². The van der Waals surface area contributed by atoms with Crippen LogP contribution >= 0.6 is 11.3 Å². The molecule has 1 aliphatic heterocycles. The molecule has 8 nitrogen and oxygen atoms in total. The van der Waals surface area contributed by atoms with Gasteiger partial charge in [0.15, 0.2) is 10.6 Å². The predicted molar refractivity (Wildman–Crippen MR) is 116 cm³/mol. The largest absolute Gasteiger partial charge is 0.360 e. The molecule has 1 fully saturated rings. The minimum absolute atomic E-state index is 0.0970. The molecule has 32 heavy (non-hydrogen) atoms. The average Bonchev–Trinajstić information content (AvgIpc) is 3.35. The number of aromatic nitrogens is 2. The molecule has 1 aromatic carbocycles. The summed E-state index contributed by atoms with van der Waals surface area (Å²) >= 11 is 1.30. The first-order valence-electron chi connectivity index (χ1n) is 10.2. The average molecular weight is 479 g/mol. The number of carbonyl (C=O) groups excluding carboxylic acids is 1. The van der Waals surface area contributed by atoms with E-state index in [1.54, 1.807) is 48.2 Å². The fourth-order valence-corrected chi connectivity index (χ4v) is 6.31. The van der Waals surface area contributed by atoms with Crippen molar-refractivity contribution in [3.8, 4) is 0 Å². The summed E-state index contributed by atoms with van der Waals surface area (Å²) in [4.78, 5) is 17.6. The number of amides is 1. The Bertz CT molecular complexity index is 1280. The van der Waals surface area contributed by atoms with Crippen LogP contribution < -0.4 is 4.80 Å². The minimum Gasteiger partial charge on any atom is -0.360 e. The van der Waals surface area contributed by atoms with Crippen LogP contribution in [0.3, 0.4) is 0 Å². The summed E-state index contributed by atoms with van der Waals surface area (Å²) in [6.45, 7) is 3.88. The van der Waals surface area contributed by atoms with Crippen molar-refractivity contribution in [2.75, 3.05) is 13.1 Å². The van der Waals surface area contributed by atoms with Crippen molar-refractivity contribution in [3.05, 3.63) is 63.5 Å². The molecule has 0 atom stereocenters. The Morgan fingerprint density at radius 1 is 1.28 bits per heavy atom. The smallest absolute Gasteiger partial charge is 0.251 e. The van der Waals surface area contributed by atoms with Gasteiger partial charge in [0, 0.05) is 36.1 Å². The van der Waals surface area contributed by atoms with E-state index >= 15 is 0 Å². The fraction of sp³-hybridized carbons (Fsp3) is 0.381. The Hall–Kier alpha value is -2.63. The molecule has 0 N–H and O–H groups in total. The molecule has 1 saturated heterocycles. The van der Waals surface area contributed by atoms with Gasteiger partial charge in [-0.2, -0.15) is 9.30 Å². The van der Waals surface area contributed by atoms with E-state index in [1.807, 2.05) is 0 Å². The highest BCUT2D eigenvalue weighted by Crippen LogP contribution is 2.28. The number of rotatable bonds is 5. The zero-order valence-corrected chi connectivity index (χ0v) is 19.3. The molecular formula is C21H23FN4O4S2. The highest BCUT2D eigenvalue weighted by molar-refractivity contribution is 7.89. The highest BCUT2D eigenvalue weighted by Gasteiger charge is 2.35. The van der Waals surface area contributed by atoms with Crippen molar-refractivity contribution in [1.82, 2.24) is 14.0 Å². The maximum Gasteiger partial charge on any atom is 0.251 e. The number of thiazole rings is 1. The SMILES string of the molecule is Cc1noc(C)c1S(=O)(=O)N1CCC(C(=O)N=c2sccn2Cc2ccccc2F)CC1. The number of halogens is 1. The second-order valence-electron chi connectivity index (χ2n) is 7.69. The molecular weight excluding hydrogens is 455 g/mol. The molecule has 0 unspecified atom stereocenters. The Balaban J connectivity index is 1.45. The van der Waals surface area contributed by atoms with Crippen molar-refractivity contribution >= 4 is 27.3 Å². The lowest BCUT2D eigenvalue weighted by Gasteiger charge is -2.29. The summed E-state index contributed by atoms with van der Waals surface area (Å²) in [6.07, 6.45) is 2.52. The molecule has 170 valence electrons. The van der Waals surface area contributed by atoms with Gasteiger partial charge >= 0.3 is 0 Å². The first-order chi connectivity index (χ1) is 15.3. The summed E-state index contributed by atoms with van der Waals surface area (Å²) in [5.74, 6) is -0.706. The van der Waals surface area contributed by atoms with E-state index in [2.05, 4.69) is 10.1 Å². The molecule has 1 amide bonds. The summed E-state index contributed by atoms with van der Waals surface area (Å²) in [5, 5.41) is 5.53. The van der Waals surface area contributed by atoms with Crippen molar-refractivity contribution < 1.29 is 22.1 Å². The third-order valence-electron chi connectivity index (χ3n) is 5.53. The lowest BCUT2D eigenvalue weighted by atomic mass is 9.98. The van der Waals surface area contributed by atoms with E-state index in [0.29, 0.717) is 28.9 Å². The van der Waals surface area contributed by atoms with Crippen LogP contribution in [-0.2, 0) is 21.4 Å². The number of hydrogen-bond donors (Lipinski definition) is 0. The molecule has 4 rings (SSSR count). The Morgan fingerprint density at radius 3 is 2.66 bits per heavy atom. The molecule has 2 aromatic heterocycles. The van der Waals surface area contributed by atoms with Gasteiger partial charge in [0.2, 0.25) is 10.0 Å². The van der Waals surface area contributed by atoms with Crippen LogP contribution in [0, 0.1) is 25.6 Å². The van der Waals surface area contributed by atoms with Gasteiger partial charge < -0.3 is 9.09 Å². The number of benzene rings is 1. The van der Waals surface area contributed by atoms with E-state index in [9.17, 15) is 17.6 Å². The van der Waals surface area contributed by atoms with Gasteiger partial charge in [-0.25, -0.2) is 12.8 Å². The molecule has 3 heterocycles. The van der Waals surface area contributed by atoms with Gasteiger partial charge in [0.05, 0.1) is 6.54 Å². The van der Waals surface area contributed by atoms with Crippen LogP contribution in [0.2, 0.25) is 0 Å². The number of aryl methyl sites for hydroxylation is 2. The van der Waals surface area contributed by atoms with Gasteiger partial charge in [0.1, 0.15) is 16.4 Å². The lowest BCUT2D eigenvalue weighted by Crippen LogP contribution is -2.40. The Labute approximate surface area is 189 Å². The zero-order valence-electron chi connectivity index (χ0n) is 17.7. The van der Waals surface area contributed by atoms with Gasteiger partial charge in [-0.1, -0.05) is 23.4 Å². The summed E-state index contributed by atoms with van der Waals surface area (Å²) in [7, 11) is -3.73. The molecule has 1 aliphatic rings. The summed E-state index contributed by atoms with van der Waals surface area (Å²) in [5.41, 5.74) is 0.838. The highest BCUT2D eigenvalue weighted by atomic mass is 32.2.